The number of thioether (sulfide) groups is 1. The summed E-state index contributed by atoms with van der Waals surface area (Å²) in [5.41, 5.74) is 1.53. The van der Waals surface area contributed by atoms with Gasteiger partial charge < -0.3 is 14.5 Å². The van der Waals surface area contributed by atoms with Crippen LogP contribution in [0.15, 0.2) is 46.0 Å². The van der Waals surface area contributed by atoms with Crippen molar-refractivity contribution in [2.45, 2.75) is 25.2 Å². The van der Waals surface area contributed by atoms with Crippen LogP contribution in [0.3, 0.4) is 0 Å². The Labute approximate surface area is 186 Å². The lowest BCUT2D eigenvalue weighted by Gasteiger charge is -2.09. The summed E-state index contributed by atoms with van der Waals surface area (Å²) in [5.74, 6) is 0.742. The zero-order valence-corrected chi connectivity index (χ0v) is 18.3. The Balaban J connectivity index is 1.49. The van der Waals surface area contributed by atoms with Crippen LogP contribution >= 0.6 is 46.6 Å². The summed E-state index contributed by atoms with van der Waals surface area (Å²) in [6.45, 7) is 2.23. The average molecular weight is 473 g/mol. The van der Waals surface area contributed by atoms with E-state index in [1.54, 1.807) is 0 Å². The van der Waals surface area contributed by atoms with Crippen LogP contribution in [0.4, 0.5) is 5.69 Å². The fraction of sp³-hybridized carbons (Fsp3) is 0.211. The number of hydrogen-bond acceptors (Lipinski definition) is 6. The van der Waals surface area contributed by atoms with Gasteiger partial charge in [0.2, 0.25) is 5.91 Å². The van der Waals surface area contributed by atoms with Crippen LogP contribution in [-0.4, -0.2) is 21.9 Å². The first-order valence-corrected chi connectivity index (χ1v) is 10.7. The first kappa shape index (κ1) is 21.8. The molecule has 152 valence electrons. The molecule has 0 saturated carbocycles. The standard InChI is InChI=1S/C19H16Cl3N3O3S/c1-2-11-3-5-13(6-4-11)27-9-17-24-25-19(28-17)29-10-16(26)23-18-14(21)7-12(20)8-15(18)22/h3-8H,2,9-10H2,1H3,(H,23,26). The molecule has 0 bridgehead atoms. The highest BCUT2D eigenvalue weighted by atomic mass is 35.5. The van der Waals surface area contributed by atoms with E-state index in [1.807, 2.05) is 24.3 Å². The van der Waals surface area contributed by atoms with Crippen molar-refractivity contribution in [3.8, 4) is 5.75 Å². The fourth-order valence-electron chi connectivity index (χ4n) is 2.29. The number of halogens is 3. The van der Waals surface area contributed by atoms with Crippen LogP contribution in [0.5, 0.6) is 5.75 Å². The molecule has 0 aliphatic carbocycles. The molecular weight excluding hydrogens is 457 g/mol. The Kier molecular flexibility index (Phi) is 7.66. The van der Waals surface area contributed by atoms with Gasteiger partial charge in [-0.05, 0) is 36.2 Å². The van der Waals surface area contributed by atoms with Crippen molar-refractivity contribution in [1.82, 2.24) is 10.2 Å². The number of rotatable bonds is 8. The summed E-state index contributed by atoms with van der Waals surface area (Å²) < 4.78 is 11.1. The highest BCUT2D eigenvalue weighted by Gasteiger charge is 2.14. The molecule has 0 saturated heterocycles. The van der Waals surface area contributed by atoms with Crippen molar-refractivity contribution in [3.63, 3.8) is 0 Å². The van der Waals surface area contributed by atoms with E-state index >= 15 is 0 Å². The van der Waals surface area contributed by atoms with Crippen molar-refractivity contribution >= 4 is 58.2 Å². The quantitative estimate of drug-likeness (QED) is 0.411. The lowest BCUT2D eigenvalue weighted by molar-refractivity contribution is -0.113. The molecule has 1 N–H and O–H groups in total. The lowest BCUT2D eigenvalue weighted by atomic mass is 10.2. The summed E-state index contributed by atoms with van der Waals surface area (Å²) in [6.07, 6.45) is 0.967. The van der Waals surface area contributed by atoms with E-state index in [-0.39, 0.29) is 33.5 Å². The smallest absolute Gasteiger partial charge is 0.277 e. The molecule has 0 aliphatic heterocycles. The molecule has 0 radical (unpaired) electrons. The van der Waals surface area contributed by atoms with Gasteiger partial charge in [-0.15, -0.1) is 10.2 Å². The number of amides is 1. The molecule has 3 rings (SSSR count). The topological polar surface area (TPSA) is 77.2 Å². The zero-order chi connectivity index (χ0) is 20.8. The Morgan fingerprint density at radius 2 is 1.83 bits per heavy atom. The van der Waals surface area contributed by atoms with Crippen LogP contribution in [0.1, 0.15) is 18.4 Å². The maximum atomic E-state index is 12.1. The maximum Gasteiger partial charge on any atom is 0.277 e. The predicted octanol–water partition coefficient (Wildman–Crippen LogP) is 5.90. The number of hydrogen-bond donors (Lipinski definition) is 1. The maximum absolute atomic E-state index is 12.1. The second kappa shape index (κ2) is 10.2. The summed E-state index contributed by atoms with van der Waals surface area (Å²) in [6, 6.07) is 10.8. The monoisotopic (exact) mass is 471 g/mol. The molecule has 1 amide bonds. The molecule has 1 aromatic heterocycles. The second-order valence-electron chi connectivity index (χ2n) is 5.83. The number of aromatic nitrogens is 2. The van der Waals surface area contributed by atoms with Gasteiger partial charge in [0.25, 0.3) is 11.1 Å². The molecule has 2 aromatic carbocycles. The van der Waals surface area contributed by atoms with Gasteiger partial charge in [0.05, 0.1) is 21.5 Å². The third-order valence-electron chi connectivity index (χ3n) is 3.74. The van der Waals surface area contributed by atoms with Gasteiger partial charge in [0.1, 0.15) is 5.75 Å². The molecule has 10 heteroatoms. The van der Waals surface area contributed by atoms with Gasteiger partial charge >= 0.3 is 0 Å². The lowest BCUT2D eigenvalue weighted by Crippen LogP contribution is -2.14. The summed E-state index contributed by atoms with van der Waals surface area (Å²) in [7, 11) is 0. The number of anilines is 1. The van der Waals surface area contributed by atoms with Gasteiger partial charge in [-0.25, -0.2) is 0 Å². The molecule has 29 heavy (non-hydrogen) atoms. The van der Waals surface area contributed by atoms with Gasteiger partial charge in [0.15, 0.2) is 6.61 Å². The average Bonchev–Trinajstić information content (AvgIpc) is 3.16. The van der Waals surface area contributed by atoms with Crippen molar-refractivity contribution in [1.29, 1.82) is 0 Å². The summed E-state index contributed by atoms with van der Waals surface area (Å²) in [5, 5.41) is 11.6. The van der Waals surface area contributed by atoms with E-state index in [2.05, 4.69) is 22.4 Å². The molecular formula is C19H16Cl3N3O3S. The van der Waals surface area contributed by atoms with Crippen molar-refractivity contribution in [2.24, 2.45) is 0 Å². The minimum atomic E-state index is -0.326. The van der Waals surface area contributed by atoms with Crippen molar-refractivity contribution in [2.75, 3.05) is 11.1 Å². The van der Waals surface area contributed by atoms with Crippen molar-refractivity contribution < 1.29 is 13.9 Å². The van der Waals surface area contributed by atoms with Crippen LogP contribution < -0.4 is 10.1 Å². The zero-order valence-electron chi connectivity index (χ0n) is 15.2. The highest BCUT2D eigenvalue weighted by molar-refractivity contribution is 7.99. The molecule has 3 aromatic rings. The van der Waals surface area contributed by atoms with Crippen LogP contribution in [-0.2, 0) is 17.8 Å². The SMILES string of the molecule is CCc1ccc(OCc2nnc(SCC(=O)Nc3c(Cl)cc(Cl)cc3Cl)o2)cc1. The first-order chi connectivity index (χ1) is 13.9. The first-order valence-electron chi connectivity index (χ1n) is 8.56. The summed E-state index contributed by atoms with van der Waals surface area (Å²) >= 11 is 19.1. The molecule has 0 unspecified atom stereocenters. The van der Waals surface area contributed by atoms with E-state index in [1.165, 1.54) is 17.7 Å². The summed E-state index contributed by atoms with van der Waals surface area (Å²) in [4.78, 5) is 12.1. The second-order valence-corrected chi connectivity index (χ2v) is 8.01. The molecule has 6 nitrogen and oxygen atoms in total. The molecule has 0 spiro atoms. The largest absolute Gasteiger partial charge is 0.484 e. The fourth-order valence-corrected chi connectivity index (χ4v) is 3.78. The Morgan fingerprint density at radius 3 is 2.48 bits per heavy atom. The number of carbonyl (C=O) groups excluding carboxylic acids is 1. The van der Waals surface area contributed by atoms with Gasteiger partial charge in [0, 0.05) is 5.02 Å². The Bertz CT molecular complexity index is 973. The van der Waals surface area contributed by atoms with E-state index in [0.29, 0.717) is 22.4 Å². The van der Waals surface area contributed by atoms with Crippen LogP contribution in [0.25, 0.3) is 0 Å². The van der Waals surface area contributed by atoms with Crippen molar-refractivity contribution in [3.05, 3.63) is 62.9 Å². The molecule has 0 atom stereocenters. The van der Waals surface area contributed by atoms with E-state index in [4.69, 9.17) is 44.0 Å². The van der Waals surface area contributed by atoms with Gasteiger partial charge in [-0.3, -0.25) is 4.79 Å². The number of carbonyl (C=O) groups is 1. The predicted molar refractivity (Wildman–Crippen MR) is 115 cm³/mol. The normalized spacial score (nSPS) is 10.8. The van der Waals surface area contributed by atoms with Crippen LogP contribution in [0, 0.1) is 0 Å². The minimum absolute atomic E-state index is 0.0380. The number of nitrogens with zero attached hydrogens (tertiary/aromatic N) is 2. The Morgan fingerprint density at radius 1 is 1.14 bits per heavy atom. The number of aryl methyl sites for hydroxylation is 1. The number of ether oxygens (including phenoxy) is 1. The minimum Gasteiger partial charge on any atom is -0.484 e. The van der Waals surface area contributed by atoms with E-state index in [9.17, 15) is 4.79 Å². The molecule has 0 fully saturated rings. The third kappa shape index (κ3) is 6.27. The number of nitrogens with one attached hydrogen (secondary N) is 1. The number of benzene rings is 2. The van der Waals surface area contributed by atoms with Gasteiger partial charge in [-0.2, -0.15) is 0 Å². The molecule has 1 heterocycles. The van der Waals surface area contributed by atoms with E-state index < -0.39 is 0 Å². The molecule has 0 aliphatic rings. The Hall–Kier alpha value is -1.93. The van der Waals surface area contributed by atoms with Crippen LogP contribution in [0.2, 0.25) is 15.1 Å². The third-order valence-corrected chi connectivity index (χ3v) is 5.37. The highest BCUT2D eigenvalue weighted by Crippen LogP contribution is 2.33. The van der Waals surface area contributed by atoms with Gasteiger partial charge in [-0.1, -0.05) is 65.6 Å². The van der Waals surface area contributed by atoms with E-state index in [0.717, 1.165) is 18.2 Å².